The number of amides is 1. The van der Waals surface area contributed by atoms with E-state index in [0.29, 0.717) is 13.0 Å². The third-order valence-electron chi connectivity index (χ3n) is 4.68. The summed E-state index contributed by atoms with van der Waals surface area (Å²) in [4.78, 5) is 12.6. The molecule has 2 aromatic carbocycles. The summed E-state index contributed by atoms with van der Waals surface area (Å²) in [6, 6.07) is 16.3. The molecular weight excluding hydrogens is 463 g/mol. The van der Waals surface area contributed by atoms with E-state index < -0.39 is 28.3 Å². The standard InChI is InChI=1S/C24H27FN2O4S2/c1-18(2)31-20-10-5-8-19(16-20)9-6-14-26-23(28)17-27(22-12-4-3-11-21(22)25)33(29,30)24-13-7-15-32-24/h3-5,7-8,10-13,15-16,18H,6,9,14,17H2,1-2H3,(H,26,28). The van der Waals surface area contributed by atoms with Crippen LogP contribution in [-0.4, -0.2) is 33.5 Å². The lowest BCUT2D eigenvalue weighted by atomic mass is 10.1. The molecule has 1 N–H and O–H groups in total. The van der Waals surface area contributed by atoms with Crippen molar-refractivity contribution >= 4 is 33.0 Å². The molecule has 3 rings (SSSR count). The number of benzene rings is 2. The van der Waals surface area contributed by atoms with E-state index in [1.54, 1.807) is 11.4 Å². The lowest BCUT2D eigenvalue weighted by Crippen LogP contribution is -2.41. The van der Waals surface area contributed by atoms with Crippen LogP contribution < -0.4 is 14.4 Å². The fourth-order valence-electron chi connectivity index (χ4n) is 3.23. The Bertz CT molecular complexity index is 1160. The predicted octanol–water partition coefficient (Wildman–Crippen LogP) is 4.62. The van der Waals surface area contributed by atoms with E-state index in [1.165, 1.54) is 30.3 Å². The number of nitrogens with one attached hydrogen (secondary N) is 1. The van der Waals surface area contributed by atoms with Crippen molar-refractivity contribution in [2.45, 2.75) is 37.0 Å². The molecule has 0 atom stereocenters. The second kappa shape index (κ2) is 11.3. The van der Waals surface area contributed by atoms with Crippen LogP contribution in [0.4, 0.5) is 10.1 Å². The van der Waals surface area contributed by atoms with Gasteiger partial charge in [0.1, 0.15) is 22.3 Å². The Morgan fingerprint density at radius 2 is 1.91 bits per heavy atom. The van der Waals surface area contributed by atoms with Crippen molar-refractivity contribution in [2.24, 2.45) is 0 Å². The van der Waals surface area contributed by atoms with Crippen LogP contribution in [0.15, 0.2) is 70.3 Å². The number of anilines is 1. The Balaban J connectivity index is 1.62. The maximum Gasteiger partial charge on any atom is 0.274 e. The zero-order valence-corrected chi connectivity index (χ0v) is 20.2. The molecule has 3 aromatic rings. The first-order valence-corrected chi connectivity index (χ1v) is 12.9. The van der Waals surface area contributed by atoms with Gasteiger partial charge in [0.15, 0.2) is 0 Å². The molecule has 0 aliphatic carbocycles. The zero-order valence-electron chi connectivity index (χ0n) is 18.5. The van der Waals surface area contributed by atoms with Gasteiger partial charge in [-0.3, -0.25) is 9.10 Å². The van der Waals surface area contributed by atoms with Crippen LogP contribution in [0, 0.1) is 5.82 Å². The minimum Gasteiger partial charge on any atom is -0.491 e. The van der Waals surface area contributed by atoms with Crippen molar-refractivity contribution in [1.82, 2.24) is 5.32 Å². The minimum absolute atomic E-state index is 0.0436. The predicted molar refractivity (Wildman–Crippen MR) is 129 cm³/mol. The van der Waals surface area contributed by atoms with E-state index in [-0.39, 0.29) is 16.0 Å². The number of halogens is 1. The van der Waals surface area contributed by atoms with Crippen molar-refractivity contribution < 1.29 is 22.3 Å². The number of hydrogen-bond acceptors (Lipinski definition) is 5. The fraction of sp³-hybridized carbons (Fsp3) is 0.292. The molecule has 33 heavy (non-hydrogen) atoms. The van der Waals surface area contributed by atoms with E-state index in [9.17, 15) is 17.6 Å². The van der Waals surface area contributed by atoms with Crippen molar-refractivity contribution in [1.29, 1.82) is 0 Å². The largest absolute Gasteiger partial charge is 0.491 e. The second-order valence-electron chi connectivity index (χ2n) is 7.66. The van der Waals surface area contributed by atoms with Gasteiger partial charge in [-0.1, -0.05) is 30.3 Å². The van der Waals surface area contributed by atoms with Crippen LogP contribution in [0.3, 0.4) is 0 Å². The molecule has 0 spiro atoms. The maximum absolute atomic E-state index is 14.4. The zero-order chi connectivity index (χ0) is 23.8. The van der Waals surface area contributed by atoms with Gasteiger partial charge >= 0.3 is 0 Å². The Labute approximate surface area is 198 Å². The van der Waals surface area contributed by atoms with Gasteiger partial charge in [0.05, 0.1) is 11.8 Å². The molecule has 0 fully saturated rings. The molecule has 0 saturated heterocycles. The van der Waals surface area contributed by atoms with Gasteiger partial charge in [0.2, 0.25) is 5.91 Å². The molecule has 0 bridgehead atoms. The number of rotatable bonds is 11. The smallest absolute Gasteiger partial charge is 0.274 e. The number of carbonyl (C=O) groups excluding carboxylic acids is 1. The third kappa shape index (κ3) is 6.79. The molecular formula is C24H27FN2O4S2. The van der Waals surface area contributed by atoms with Gasteiger partial charge in [0.25, 0.3) is 10.0 Å². The number of thiophene rings is 1. The number of ether oxygens (including phenoxy) is 1. The summed E-state index contributed by atoms with van der Waals surface area (Å²) in [6.07, 6.45) is 1.47. The Morgan fingerprint density at radius 1 is 1.12 bits per heavy atom. The Hall–Kier alpha value is -2.91. The highest BCUT2D eigenvalue weighted by Gasteiger charge is 2.29. The van der Waals surface area contributed by atoms with Crippen LogP contribution in [0.5, 0.6) is 5.75 Å². The highest BCUT2D eigenvalue weighted by Crippen LogP contribution is 2.28. The molecule has 1 heterocycles. The molecule has 0 aliphatic heterocycles. The molecule has 1 amide bonds. The van der Waals surface area contributed by atoms with Gasteiger partial charge < -0.3 is 10.1 Å². The quantitative estimate of drug-likeness (QED) is 0.398. The van der Waals surface area contributed by atoms with Crippen molar-refractivity contribution in [2.75, 3.05) is 17.4 Å². The summed E-state index contributed by atoms with van der Waals surface area (Å²) in [5, 5.41) is 4.36. The summed E-state index contributed by atoms with van der Waals surface area (Å²) in [5.74, 6) is -0.421. The van der Waals surface area contributed by atoms with Crippen molar-refractivity contribution in [3.05, 3.63) is 77.4 Å². The number of carbonyl (C=O) groups is 1. The van der Waals surface area contributed by atoms with Gasteiger partial charge in [-0.05, 0) is 68.0 Å². The molecule has 0 unspecified atom stereocenters. The van der Waals surface area contributed by atoms with Crippen LogP contribution in [-0.2, 0) is 21.2 Å². The highest BCUT2D eigenvalue weighted by molar-refractivity contribution is 7.94. The minimum atomic E-state index is -4.08. The summed E-state index contributed by atoms with van der Waals surface area (Å²) in [6.45, 7) is 3.77. The summed E-state index contributed by atoms with van der Waals surface area (Å²) < 4.78 is 47.1. The molecule has 6 nitrogen and oxygen atoms in total. The van der Waals surface area contributed by atoms with Crippen LogP contribution >= 0.6 is 11.3 Å². The van der Waals surface area contributed by atoms with Gasteiger partial charge in [-0.15, -0.1) is 11.3 Å². The van der Waals surface area contributed by atoms with E-state index >= 15 is 0 Å². The first-order valence-electron chi connectivity index (χ1n) is 10.6. The third-order valence-corrected chi connectivity index (χ3v) is 7.82. The normalized spacial score (nSPS) is 11.4. The van der Waals surface area contributed by atoms with Crippen molar-refractivity contribution in [3.63, 3.8) is 0 Å². The number of para-hydroxylation sites is 1. The number of nitrogens with zero attached hydrogens (tertiary/aromatic N) is 1. The topological polar surface area (TPSA) is 75.7 Å². The molecule has 1 aromatic heterocycles. The molecule has 0 aliphatic rings. The van der Waals surface area contributed by atoms with E-state index in [1.807, 2.05) is 38.1 Å². The van der Waals surface area contributed by atoms with E-state index in [0.717, 1.165) is 33.4 Å². The first kappa shape index (κ1) is 24.7. The average molecular weight is 491 g/mol. The number of sulfonamides is 1. The van der Waals surface area contributed by atoms with E-state index in [4.69, 9.17) is 4.74 Å². The Morgan fingerprint density at radius 3 is 2.61 bits per heavy atom. The summed E-state index contributed by atoms with van der Waals surface area (Å²) >= 11 is 1.02. The molecule has 0 radical (unpaired) electrons. The first-order chi connectivity index (χ1) is 15.8. The molecule has 9 heteroatoms. The lowest BCUT2D eigenvalue weighted by molar-refractivity contribution is -0.119. The number of hydrogen-bond donors (Lipinski definition) is 1. The average Bonchev–Trinajstić information content (AvgIpc) is 3.31. The van der Waals surface area contributed by atoms with E-state index in [2.05, 4.69) is 5.32 Å². The SMILES string of the molecule is CC(C)Oc1cccc(CCCNC(=O)CN(c2ccccc2F)S(=O)(=O)c2cccs2)c1. The van der Waals surface area contributed by atoms with Crippen LogP contribution in [0.2, 0.25) is 0 Å². The van der Waals surface area contributed by atoms with Crippen molar-refractivity contribution in [3.8, 4) is 5.75 Å². The molecule has 0 saturated carbocycles. The summed E-state index contributed by atoms with van der Waals surface area (Å²) in [7, 11) is -4.08. The lowest BCUT2D eigenvalue weighted by Gasteiger charge is -2.23. The van der Waals surface area contributed by atoms with Crippen LogP contribution in [0.25, 0.3) is 0 Å². The second-order valence-corrected chi connectivity index (χ2v) is 10.7. The summed E-state index contributed by atoms with van der Waals surface area (Å²) in [5.41, 5.74) is 0.915. The van der Waals surface area contributed by atoms with Gasteiger partial charge in [-0.2, -0.15) is 0 Å². The Kier molecular flexibility index (Phi) is 8.46. The molecule has 176 valence electrons. The number of aryl methyl sites for hydroxylation is 1. The van der Waals surface area contributed by atoms with Gasteiger partial charge in [-0.25, -0.2) is 12.8 Å². The van der Waals surface area contributed by atoms with Gasteiger partial charge in [0, 0.05) is 6.54 Å². The fourth-order valence-corrected chi connectivity index (χ4v) is 5.76. The maximum atomic E-state index is 14.4. The van der Waals surface area contributed by atoms with Crippen LogP contribution in [0.1, 0.15) is 25.8 Å². The monoisotopic (exact) mass is 490 g/mol. The highest BCUT2D eigenvalue weighted by atomic mass is 32.2.